The van der Waals surface area contributed by atoms with Crippen LogP contribution < -0.4 is 5.32 Å². The van der Waals surface area contributed by atoms with Crippen molar-refractivity contribution in [2.24, 2.45) is 5.41 Å². The highest BCUT2D eigenvalue weighted by molar-refractivity contribution is 5.78. The summed E-state index contributed by atoms with van der Waals surface area (Å²) in [5.41, 5.74) is 0.744. The van der Waals surface area contributed by atoms with E-state index in [4.69, 9.17) is 10.4 Å². The van der Waals surface area contributed by atoms with Crippen LogP contribution in [0.5, 0.6) is 0 Å². The molecule has 4 heteroatoms. The molecule has 2 N–H and O–H groups in total. The van der Waals surface area contributed by atoms with Crippen LogP contribution >= 0.6 is 0 Å². The first-order valence-corrected chi connectivity index (χ1v) is 5.34. The van der Waals surface area contributed by atoms with Crippen molar-refractivity contribution in [3.8, 4) is 6.07 Å². The number of nitriles is 1. The van der Waals surface area contributed by atoms with E-state index in [0.717, 1.165) is 0 Å². The Kier molecular flexibility index (Phi) is 3.74. The van der Waals surface area contributed by atoms with Gasteiger partial charge in [0.2, 0.25) is 0 Å². The van der Waals surface area contributed by atoms with Crippen LogP contribution in [0.2, 0.25) is 0 Å². The summed E-state index contributed by atoms with van der Waals surface area (Å²) >= 11 is 0. The maximum absolute atomic E-state index is 11.2. The van der Waals surface area contributed by atoms with E-state index in [9.17, 15) is 4.79 Å². The minimum atomic E-state index is -0.903. The van der Waals surface area contributed by atoms with Gasteiger partial charge < -0.3 is 10.4 Å². The summed E-state index contributed by atoms with van der Waals surface area (Å²) < 4.78 is 0. The molecule has 0 bridgehead atoms. The number of carboxylic acid groups (broad SMARTS) is 1. The number of carbonyl (C=O) groups is 1. The summed E-state index contributed by atoms with van der Waals surface area (Å²) in [4.78, 5) is 11.2. The molecule has 1 atom stereocenters. The van der Waals surface area contributed by atoms with Crippen LogP contribution in [0.3, 0.4) is 0 Å². The summed E-state index contributed by atoms with van der Waals surface area (Å²) in [7, 11) is 0. The Balaban J connectivity index is 2.95. The first-order valence-electron chi connectivity index (χ1n) is 5.34. The van der Waals surface area contributed by atoms with Crippen molar-refractivity contribution >= 4 is 11.7 Å². The first-order chi connectivity index (χ1) is 7.84. The van der Waals surface area contributed by atoms with Gasteiger partial charge in [0.15, 0.2) is 0 Å². The lowest BCUT2D eigenvalue weighted by molar-refractivity contribution is -0.140. The molecule has 1 aromatic rings. The Morgan fingerprint density at radius 1 is 1.47 bits per heavy atom. The van der Waals surface area contributed by atoms with Gasteiger partial charge in [-0.25, -0.2) is 4.79 Å². The summed E-state index contributed by atoms with van der Waals surface area (Å²) in [6.45, 7) is 5.56. The lowest BCUT2D eigenvalue weighted by Gasteiger charge is -2.28. The lowest BCUT2D eigenvalue weighted by Crippen LogP contribution is -2.41. The standard InChI is InChI=1S/C13H16N2O2/c1-13(2,3)11(12(16)17)15-10-6-4-5-9(7-10)8-14/h4-7,11,15H,1-3H3,(H,16,17)/t11-/m1/s1. The molecule has 0 aliphatic carbocycles. The highest BCUT2D eigenvalue weighted by Crippen LogP contribution is 2.23. The van der Waals surface area contributed by atoms with E-state index in [-0.39, 0.29) is 0 Å². The summed E-state index contributed by atoms with van der Waals surface area (Å²) in [5.74, 6) is -0.903. The number of hydrogen-bond acceptors (Lipinski definition) is 3. The smallest absolute Gasteiger partial charge is 0.326 e. The fraction of sp³-hybridized carbons (Fsp3) is 0.385. The van der Waals surface area contributed by atoms with Crippen molar-refractivity contribution in [1.29, 1.82) is 5.26 Å². The van der Waals surface area contributed by atoms with E-state index < -0.39 is 17.4 Å². The molecule has 0 amide bonds. The highest BCUT2D eigenvalue weighted by atomic mass is 16.4. The van der Waals surface area contributed by atoms with Gasteiger partial charge in [0.05, 0.1) is 11.6 Å². The van der Waals surface area contributed by atoms with E-state index in [1.807, 2.05) is 26.8 Å². The molecule has 0 unspecified atom stereocenters. The topological polar surface area (TPSA) is 73.1 Å². The Bertz CT molecular complexity index is 455. The third kappa shape index (κ3) is 3.49. The first kappa shape index (κ1) is 13.0. The quantitative estimate of drug-likeness (QED) is 0.839. The number of hydrogen-bond donors (Lipinski definition) is 2. The number of aliphatic carboxylic acids is 1. The van der Waals surface area contributed by atoms with E-state index in [1.54, 1.807) is 24.3 Å². The van der Waals surface area contributed by atoms with E-state index in [0.29, 0.717) is 11.3 Å². The van der Waals surface area contributed by atoms with Crippen LogP contribution in [0.25, 0.3) is 0 Å². The normalized spacial score (nSPS) is 12.6. The van der Waals surface area contributed by atoms with Crippen molar-refractivity contribution in [3.63, 3.8) is 0 Å². The third-order valence-electron chi connectivity index (χ3n) is 2.42. The molecule has 0 saturated carbocycles. The van der Waals surface area contributed by atoms with Crippen molar-refractivity contribution in [3.05, 3.63) is 29.8 Å². The van der Waals surface area contributed by atoms with Gasteiger partial charge in [0.1, 0.15) is 6.04 Å². The largest absolute Gasteiger partial charge is 0.480 e. The average Bonchev–Trinajstić information content (AvgIpc) is 2.24. The minimum Gasteiger partial charge on any atom is -0.480 e. The van der Waals surface area contributed by atoms with Gasteiger partial charge in [-0.05, 0) is 23.6 Å². The molecule has 1 rings (SSSR count). The zero-order valence-electron chi connectivity index (χ0n) is 10.2. The van der Waals surface area contributed by atoms with E-state index >= 15 is 0 Å². The Morgan fingerprint density at radius 3 is 2.59 bits per heavy atom. The number of carboxylic acids is 1. The molecule has 0 fully saturated rings. The van der Waals surface area contributed by atoms with Crippen molar-refractivity contribution in [1.82, 2.24) is 0 Å². The van der Waals surface area contributed by atoms with Crippen LogP contribution in [0.4, 0.5) is 5.69 Å². The lowest BCUT2D eigenvalue weighted by atomic mass is 9.86. The SMILES string of the molecule is CC(C)(C)[C@H](Nc1cccc(C#N)c1)C(=O)O. The molecule has 90 valence electrons. The maximum Gasteiger partial charge on any atom is 0.326 e. The molecule has 0 aliphatic heterocycles. The van der Waals surface area contributed by atoms with Crippen molar-refractivity contribution in [2.45, 2.75) is 26.8 Å². The Labute approximate surface area is 101 Å². The summed E-state index contributed by atoms with van der Waals surface area (Å²) in [5, 5.41) is 20.9. The minimum absolute atomic E-state index is 0.408. The molecule has 0 heterocycles. The number of anilines is 1. The van der Waals surface area contributed by atoms with Crippen LogP contribution in [0.15, 0.2) is 24.3 Å². The molecular weight excluding hydrogens is 216 g/mol. The molecular formula is C13H16N2O2. The molecule has 0 aromatic heterocycles. The fourth-order valence-electron chi connectivity index (χ4n) is 1.49. The molecule has 0 saturated heterocycles. The zero-order valence-corrected chi connectivity index (χ0v) is 10.2. The van der Waals surface area contributed by atoms with Gasteiger partial charge in [0.25, 0.3) is 0 Å². The van der Waals surface area contributed by atoms with Gasteiger partial charge in [-0.3, -0.25) is 0 Å². The van der Waals surface area contributed by atoms with Gasteiger partial charge in [-0.15, -0.1) is 0 Å². The summed E-state index contributed by atoms with van der Waals surface area (Å²) in [6.07, 6.45) is 0. The van der Waals surface area contributed by atoms with Crippen molar-refractivity contribution in [2.75, 3.05) is 5.32 Å². The number of benzene rings is 1. The van der Waals surface area contributed by atoms with E-state index in [1.165, 1.54) is 0 Å². The second-order valence-electron chi connectivity index (χ2n) is 4.97. The molecule has 0 radical (unpaired) electrons. The average molecular weight is 232 g/mol. The van der Waals surface area contributed by atoms with E-state index in [2.05, 4.69) is 5.32 Å². The number of rotatable bonds is 3. The predicted octanol–water partition coefficient (Wildman–Crippen LogP) is 2.47. The maximum atomic E-state index is 11.2. The molecule has 0 aliphatic rings. The molecule has 17 heavy (non-hydrogen) atoms. The van der Waals surface area contributed by atoms with Crippen LogP contribution in [-0.2, 0) is 4.79 Å². The van der Waals surface area contributed by atoms with Crippen LogP contribution in [0, 0.1) is 16.7 Å². The third-order valence-corrected chi connectivity index (χ3v) is 2.42. The van der Waals surface area contributed by atoms with Crippen LogP contribution in [-0.4, -0.2) is 17.1 Å². The molecule has 1 aromatic carbocycles. The van der Waals surface area contributed by atoms with Gasteiger partial charge >= 0.3 is 5.97 Å². The second kappa shape index (κ2) is 4.88. The zero-order chi connectivity index (χ0) is 13.1. The van der Waals surface area contributed by atoms with Crippen LogP contribution in [0.1, 0.15) is 26.3 Å². The van der Waals surface area contributed by atoms with Gasteiger partial charge in [0, 0.05) is 5.69 Å². The highest BCUT2D eigenvalue weighted by Gasteiger charge is 2.30. The van der Waals surface area contributed by atoms with Gasteiger partial charge in [-0.1, -0.05) is 26.8 Å². The molecule has 4 nitrogen and oxygen atoms in total. The number of nitrogens with zero attached hydrogens (tertiary/aromatic N) is 1. The molecule has 0 spiro atoms. The van der Waals surface area contributed by atoms with Crippen molar-refractivity contribution < 1.29 is 9.90 Å². The fourth-order valence-corrected chi connectivity index (χ4v) is 1.49. The Morgan fingerprint density at radius 2 is 2.12 bits per heavy atom. The second-order valence-corrected chi connectivity index (χ2v) is 4.97. The Hall–Kier alpha value is -2.02. The predicted molar refractivity (Wildman–Crippen MR) is 65.7 cm³/mol. The monoisotopic (exact) mass is 232 g/mol. The van der Waals surface area contributed by atoms with Gasteiger partial charge in [-0.2, -0.15) is 5.26 Å². The number of nitrogens with one attached hydrogen (secondary N) is 1. The summed E-state index contributed by atoms with van der Waals surface area (Å²) in [6, 6.07) is 8.12.